The fourth-order valence-corrected chi connectivity index (χ4v) is 4.17. The van der Waals surface area contributed by atoms with Crippen molar-refractivity contribution in [3.63, 3.8) is 0 Å². The molecule has 0 N–H and O–H groups in total. The van der Waals surface area contributed by atoms with E-state index in [4.69, 9.17) is 0 Å². The number of rotatable bonds is 7. The number of anilines is 1. The third kappa shape index (κ3) is 5.32. The predicted octanol–water partition coefficient (Wildman–Crippen LogP) is 3.40. The van der Waals surface area contributed by atoms with Crippen molar-refractivity contribution in [2.45, 2.75) is 44.9 Å². The van der Waals surface area contributed by atoms with Gasteiger partial charge >= 0.3 is 0 Å². The molecule has 1 aliphatic carbocycles. The molecule has 2 aliphatic rings. The molecule has 1 aliphatic heterocycles. The molecule has 0 aromatic heterocycles. The highest BCUT2D eigenvalue weighted by atomic mass is 16.2. The Morgan fingerprint density at radius 1 is 1.04 bits per heavy atom. The summed E-state index contributed by atoms with van der Waals surface area (Å²) in [6, 6.07) is 7.60. The van der Waals surface area contributed by atoms with Gasteiger partial charge in [0, 0.05) is 43.9 Å². The molecular formula is C22H33N3O2. The second-order valence-electron chi connectivity index (χ2n) is 8.25. The molecule has 0 atom stereocenters. The molecule has 2 fully saturated rings. The van der Waals surface area contributed by atoms with Crippen molar-refractivity contribution in [3.05, 3.63) is 29.8 Å². The van der Waals surface area contributed by atoms with E-state index in [0.29, 0.717) is 12.3 Å². The smallest absolute Gasteiger partial charge is 0.253 e. The molecule has 3 rings (SSSR count). The van der Waals surface area contributed by atoms with Crippen molar-refractivity contribution in [1.29, 1.82) is 0 Å². The van der Waals surface area contributed by atoms with Gasteiger partial charge in [-0.25, -0.2) is 0 Å². The van der Waals surface area contributed by atoms with Gasteiger partial charge in [-0.3, -0.25) is 9.59 Å². The number of hydrogen-bond acceptors (Lipinski definition) is 3. The number of benzene rings is 1. The summed E-state index contributed by atoms with van der Waals surface area (Å²) in [5, 5.41) is 0. The number of carbonyl (C=O) groups excluding carboxylic acids is 2. The summed E-state index contributed by atoms with van der Waals surface area (Å²) < 4.78 is 0. The van der Waals surface area contributed by atoms with E-state index in [-0.39, 0.29) is 11.8 Å². The van der Waals surface area contributed by atoms with Gasteiger partial charge in [-0.15, -0.1) is 0 Å². The summed E-state index contributed by atoms with van der Waals surface area (Å²) >= 11 is 0. The predicted molar refractivity (Wildman–Crippen MR) is 109 cm³/mol. The van der Waals surface area contributed by atoms with Crippen LogP contribution in [0.4, 0.5) is 5.69 Å². The van der Waals surface area contributed by atoms with E-state index in [9.17, 15) is 9.59 Å². The number of hydrogen-bond donors (Lipinski definition) is 0. The molecule has 148 valence electrons. The third-order valence-electron chi connectivity index (χ3n) is 5.81. The molecule has 1 saturated carbocycles. The number of amides is 2. The van der Waals surface area contributed by atoms with Crippen LogP contribution in [0.2, 0.25) is 0 Å². The molecule has 1 aromatic rings. The van der Waals surface area contributed by atoms with Crippen LogP contribution in [0, 0.1) is 5.92 Å². The van der Waals surface area contributed by atoms with Crippen molar-refractivity contribution in [1.82, 2.24) is 9.80 Å². The number of nitrogens with zero attached hydrogens (tertiary/aromatic N) is 3. The maximum absolute atomic E-state index is 13.2. The third-order valence-corrected chi connectivity index (χ3v) is 5.81. The fourth-order valence-electron chi connectivity index (χ4n) is 4.17. The lowest BCUT2D eigenvalue weighted by Crippen LogP contribution is -2.40. The zero-order valence-electron chi connectivity index (χ0n) is 16.8. The minimum atomic E-state index is 0.113. The molecule has 1 saturated heterocycles. The molecule has 2 amide bonds. The number of carbonyl (C=O) groups is 2. The first kappa shape index (κ1) is 19.9. The van der Waals surface area contributed by atoms with Crippen molar-refractivity contribution < 1.29 is 9.59 Å². The van der Waals surface area contributed by atoms with E-state index in [1.165, 1.54) is 32.1 Å². The summed E-state index contributed by atoms with van der Waals surface area (Å²) in [7, 11) is 4.09. The Morgan fingerprint density at radius 2 is 1.74 bits per heavy atom. The largest absolute Gasteiger partial charge is 0.337 e. The lowest BCUT2D eigenvalue weighted by atomic mass is 9.89. The summed E-state index contributed by atoms with van der Waals surface area (Å²) in [6.07, 6.45) is 7.93. The Labute approximate surface area is 163 Å². The molecule has 0 unspecified atom stereocenters. The van der Waals surface area contributed by atoms with Crippen LogP contribution >= 0.6 is 0 Å². The summed E-state index contributed by atoms with van der Waals surface area (Å²) in [5.41, 5.74) is 1.63. The van der Waals surface area contributed by atoms with E-state index >= 15 is 0 Å². The average molecular weight is 372 g/mol. The maximum Gasteiger partial charge on any atom is 0.253 e. The highest BCUT2D eigenvalue weighted by molar-refractivity contribution is 5.97. The summed E-state index contributed by atoms with van der Waals surface area (Å²) in [5.74, 6) is 0.923. The average Bonchev–Trinajstić information content (AvgIpc) is 3.11. The first-order valence-electron chi connectivity index (χ1n) is 10.4. The van der Waals surface area contributed by atoms with Gasteiger partial charge < -0.3 is 14.7 Å². The van der Waals surface area contributed by atoms with E-state index in [0.717, 1.165) is 43.9 Å². The van der Waals surface area contributed by atoms with Gasteiger partial charge in [0.2, 0.25) is 5.91 Å². The van der Waals surface area contributed by atoms with Crippen LogP contribution in [0.25, 0.3) is 0 Å². The topological polar surface area (TPSA) is 43.9 Å². The Bertz CT molecular complexity index is 635. The lowest BCUT2D eigenvalue weighted by Gasteiger charge is -2.31. The van der Waals surface area contributed by atoms with Crippen LogP contribution in [-0.4, -0.2) is 61.9 Å². The molecule has 0 radical (unpaired) electrons. The SMILES string of the molecule is CN(C)CCN(CC1CCCCC1)C(=O)c1ccc(N2CCCC2=O)cc1. The Hall–Kier alpha value is -1.88. The van der Waals surface area contributed by atoms with E-state index in [2.05, 4.69) is 4.90 Å². The van der Waals surface area contributed by atoms with Crippen LogP contribution < -0.4 is 4.90 Å². The fraction of sp³-hybridized carbons (Fsp3) is 0.636. The van der Waals surface area contributed by atoms with Crippen LogP contribution in [0.1, 0.15) is 55.3 Å². The lowest BCUT2D eigenvalue weighted by molar-refractivity contribution is -0.117. The quantitative estimate of drug-likeness (QED) is 0.738. The van der Waals surface area contributed by atoms with Gasteiger partial charge in [0.15, 0.2) is 0 Å². The van der Waals surface area contributed by atoms with E-state index in [1.54, 1.807) is 0 Å². The first-order chi connectivity index (χ1) is 13.0. The van der Waals surface area contributed by atoms with Gasteiger partial charge in [-0.2, -0.15) is 0 Å². The Morgan fingerprint density at radius 3 is 2.33 bits per heavy atom. The molecule has 0 bridgehead atoms. The summed E-state index contributed by atoms with van der Waals surface area (Å²) in [4.78, 5) is 31.1. The molecule has 5 nitrogen and oxygen atoms in total. The van der Waals surface area contributed by atoms with Gasteiger partial charge in [0.25, 0.3) is 5.91 Å². The minimum Gasteiger partial charge on any atom is -0.337 e. The van der Waals surface area contributed by atoms with Crippen LogP contribution in [0.3, 0.4) is 0 Å². The highest BCUT2D eigenvalue weighted by Gasteiger charge is 2.24. The van der Waals surface area contributed by atoms with E-state index < -0.39 is 0 Å². The zero-order valence-corrected chi connectivity index (χ0v) is 16.8. The van der Waals surface area contributed by atoms with Crippen LogP contribution in [0.5, 0.6) is 0 Å². The normalized spacial score (nSPS) is 18.3. The number of likely N-dealkylation sites (N-methyl/N-ethyl adjacent to an activating group) is 1. The van der Waals surface area contributed by atoms with Crippen molar-refractivity contribution in [2.24, 2.45) is 5.92 Å². The molecule has 1 heterocycles. The first-order valence-corrected chi connectivity index (χ1v) is 10.4. The molecule has 27 heavy (non-hydrogen) atoms. The van der Waals surface area contributed by atoms with Gasteiger partial charge in [0.1, 0.15) is 0 Å². The van der Waals surface area contributed by atoms with Gasteiger partial charge in [-0.05, 0) is 63.5 Å². The van der Waals surface area contributed by atoms with Gasteiger partial charge in [-0.1, -0.05) is 19.3 Å². The summed E-state index contributed by atoms with van der Waals surface area (Å²) in [6.45, 7) is 3.27. The molecule has 1 aromatic carbocycles. The van der Waals surface area contributed by atoms with E-state index in [1.807, 2.05) is 48.2 Å². The highest BCUT2D eigenvalue weighted by Crippen LogP contribution is 2.26. The van der Waals surface area contributed by atoms with Crippen LogP contribution in [0.15, 0.2) is 24.3 Å². The van der Waals surface area contributed by atoms with Crippen molar-refractivity contribution in [3.8, 4) is 0 Å². The molecule has 0 spiro atoms. The maximum atomic E-state index is 13.2. The Balaban J connectivity index is 1.68. The van der Waals surface area contributed by atoms with Crippen LogP contribution in [-0.2, 0) is 4.79 Å². The second kappa shape index (κ2) is 9.36. The zero-order chi connectivity index (χ0) is 19.2. The minimum absolute atomic E-state index is 0.113. The Kier molecular flexibility index (Phi) is 6.89. The second-order valence-corrected chi connectivity index (χ2v) is 8.25. The van der Waals surface area contributed by atoms with Crippen molar-refractivity contribution in [2.75, 3.05) is 45.2 Å². The molecule has 5 heteroatoms. The van der Waals surface area contributed by atoms with Crippen molar-refractivity contribution >= 4 is 17.5 Å². The van der Waals surface area contributed by atoms with Gasteiger partial charge in [0.05, 0.1) is 0 Å². The molecular weight excluding hydrogens is 338 g/mol. The monoisotopic (exact) mass is 371 g/mol. The standard InChI is InChI=1S/C22H33N3O2/c1-23(2)15-16-24(17-18-7-4-3-5-8-18)22(27)19-10-12-20(13-11-19)25-14-6-9-21(25)26/h10-13,18H,3-9,14-17H2,1-2H3.